The van der Waals surface area contributed by atoms with Crippen LogP contribution in [0.2, 0.25) is 0 Å². The van der Waals surface area contributed by atoms with Crippen molar-refractivity contribution >= 4 is 28.2 Å². The Morgan fingerprint density at radius 1 is 1.41 bits per heavy atom. The Morgan fingerprint density at radius 2 is 2.00 bits per heavy atom. The van der Waals surface area contributed by atoms with Crippen molar-refractivity contribution in [3.8, 4) is 0 Å². The fraction of sp³-hybridized carbons (Fsp3) is 0.455. The summed E-state index contributed by atoms with van der Waals surface area (Å²) in [6.07, 6.45) is -0.195. The van der Waals surface area contributed by atoms with Gasteiger partial charge in [-0.25, -0.2) is 4.79 Å². The van der Waals surface area contributed by atoms with Gasteiger partial charge in [0, 0.05) is 7.05 Å². The minimum Gasteiger partial charge on any atom is -0.459 e. The Bertz CT molecular complexity index is 452. The molecule has 1 heterocycles. The first kappa shape index (κ1) is 13.5. The minimum absolute atomic E-state index is 0.195. The number of primary amides is 1. The average Bonchev–Trinajstić information content (AvgIpc) is 2.54. The van der Waals surface area contributed by atoms with E-state index in [1.54, 1.807) is 27.8 Å². The molecule has 0 saturated heterocycles. The Hall–Kier alpha value is -1.56. The monoisotopic (exact) mass is 256 g/mol. The Morgan fingerprint density at radius 3 is 2.35 bits per heavy atom. The minimum atomic E-state index is -0.549. The Balaban J connectivity index is 3.18. The molecule has 94 valence electrons. The van der Waals surface area contributed by atoms with E-state index in [9.17, 15) is 9.59 Å². The molecule has 3 N–H and O–H groups in total. The summed E-state index contributed by atoms with van der Waals surface area (Å²) in [5.74, 6) is -0.974. The number of ether oxygens (including phenoxy) is 1. The first-order chi connectivity index (χ1) is 7.88. The second-order valence-corrected chi connectivity index (χ2v) is 4.85. The molecule has 0 spiro atoms. The lowest BCUT2D eigenvalue weighted by atomic mass is 10.1. The number of nitrogens with one attached hydrogen (secondary N) is 1. The SMILES string of the molecule is CNc1sc(C(=O)OC(C)C)c(C)c1C(N)=O. The van der Waals surface area contributed by atoms with Crippen molar-refractivity contribution in [1.29, 1.82) is 0 Å². The lowest BCUT2D eigenvalue weighted by Gasteiger charge is -2.06. The van der Waals surface area contributed by atoms with Gasteiger partial charge in [0.25, 0.3) is 5.91 Å². The molecule has 0 bridgehead atoms. The van der Waals surface area contributed by atoms with E-state index >= 15 is 0 Å². The number of carbonyl (C=O) groups excluding carboxylic acids is 2. The van der Waals surface area contributed by atoms with E-state index in [4.69, 9.17) is 10.5 Å². The number of thiophene rings is 1. The van der Waals surface area contributed by atoms with Gasteiger partial charge in [-0.05, 0) is 26.3 Å². The van der Waals surface area contributed by atoms with E-state index in [2.05, 4.69) is 5.32 Å². The first-order valence-corrected chi connectivity index (χ1v) is 6.02. The second-order valence-electron chi connectivity index (χ2n) is 3.83. The molecule has 0 saturated carbocycles. The fourth-order valence-electron chi connectivity index (χ4n) is 1.45. The molecule has 0 fully saturated rings. The van der Waals surface area contributed by atoms with Gasteiger partial charge < -0.3 is 15.8 Å². The Labute approximate surface area is 104 Å². The highest BCUT2D eigenvalue weighted by Crippen LogP contribution is 2.32. The van der Waals surface area contributed by atoms with E-state index in [-0.39, 0.29) is 6.10 Å². The zero-order chi connectivity index (χ0) is 13.2. The van der Waals surface area contributed by atoms with Crippen LogP contribution in [0.5, 0.6) is 0 Å². The quantitative estimate of drug-likeness (QED) is 0.804. The maximum Gasteiger partial charge on any atom is 0.348 e. The molecule has 1 aromatic heterocycles. The summed E-state index contributed by atoms with van der Waals surface area (Å²) in [6, 6.07) is 0. The smallest absolute Gasteiger partial charge is 0.348 e. The zero-order valence-corrected chi connectivity index (χ0v) is 11.1. The molecule has 17 heavy (non-hydrogen) atoms. The molecule has 0 atom stereocenters. The van der Waals surface area contributed by atoms with Crippen molar-refractivity contribution in [3.63, 3.8) is 0 Å². The topological polar surface area (TPSA) is 81.4 Å². The van der Waals surface area contributed by atoms with E-state index in [0.717, 1.165) is 0 Å². The van der Waals surface area contributed by atoms with Crippen molar-refractivity contribution in [2.75, 3.05) is 12.4 Å². The van der Waals surface area contributed by atoms with Gasteiger partial charge in [0.15, 0.2) is 0 Å². The largest absolute Gasteiger partial charge is 0.459 e. The van der Waals surface area contributed by atoms with Crippen LogP contribution < -0.4 is 11.1 Å². The molecule has 0 aliphatic heterocycles. The molecule has 0 aliphatic carbocycles. The number of nitrogens with two attached hydrogens (primary N) is 1. The number of rotatable bonds is 4. The maximum absolute atomic E-state index is 11.8. The van der Waals surface area contributed by atoms with Crippen LogP contribution in [0.15, 0.2) is 0 Å². The van der Waals surface area contributed by atoms with Crippen molar-refractivity contribution < 1.29 is 14.3 Å². The van der Waals surface area contributed by atoms with Crippen molar-refractivity contribution in [1.82, 2.24) is 0 Å². The van der Waals surface area contributed by atoms with Gasteiger partial charge in [-0.3, -0.25) is 4.79 Å². The number of hydrogen-bond donors (Lipinski definition) is 2. The zero-order valence-electron chi connectivity index (χ0n) is 10.3. The van der Waals surface area contributed by atoms with Crippen LogP contribution in [-0.4, -0.2) is 25.0 Å². The molecule has 1 aromatic rings. The summed E-state index contributed by atoms with van der Waals surface area (Å²) in [5, 5.41) is 3.44. The van der Waals surface area contributed by atoms with Crippen LogP contribution in [0.25, 0.3) is 0 Å². The van der Waals surface area contributed by atoms with Gasteiger partial charge in [-0.1, -0.05) is 0 Å². The molecule has 1 rings (SSSR count). The second kappa shape index (κ2) is 5.18. The number of amides is 1. The van der Waals surface area contributed by atoms with Gasteiger partial charge in [-0.15, -0.1) is 11.3 Å². The first-order valence-electron chi connectivity index (χ1n) is 5.20. The van der Waals surface area contributed by atoms with E-state index in [0.29, 0.717) is 21.0 Å². The van der Waals surface area contributed by atoms with Crippen LogP contribution in [0, 0.1) is 6.92 Å². The molecular weight excluding hydrogens is 240 g/mol. The van der Waals surface area contributed by atoms with Gasteiger partial charge in [0.1, 0.15) is 9.88 Å². The molecule has 0 aliphatic rings. The van der Waals surface area contributed by atoms with Crippen molar-refractivity contribution in [3.05, 3.63) is 16.0 Å². The molecule has 5 nitrogen and oxygen atoms in total. The van der Waals surface area contributed by atoms with Crippen LogP contribution in [-0.2, 0) is 4.74 Å². The van der Waals surface area contributed by atoms with Crippen LogP contribution in [0.4, 0.5) is 5.00 Å². The average molecular weight is 256 g/mol. The predicted octanol–water partition coefficient (Wildman–Crippen LogP) is 1.76. The molecule has 0 radical (unpaired) electrons. The molecule has 0 unspecified atom stereocenters. The van der Waals surface area contributed by atoms with E-state index in [1.165, 1.54) is 11.3 Å². The third kappa shape index (κ3) is 2.76. The molecule has 0 aromatic carbocycles. The molecular formula is C11H16N2O3S. The van der Waals surface area contributed by atoms with E-state index in [1.807, 2.05) is 0 Å². The van der Waals surface area contributed by atoms with E-state index < -0.39 is 11.9 Å². The normalized spacial score (nSPS) is 10.4. The van der Waals surface area contributed by atoms with Gasteiger partial charge in [0.05, 0.1) is 11.7 Å². The fourth-order valence-corrected chi connectivity index (χ4v) is 2.50. The number of hydrogen-bond acceptors (Lipinski definition) is 5. The van der Waals surface area contributed by atoms with Gasteiger partial charge in [-0.2, -0.15) is 0 Å². The number of carbonyl (C=O) groups is 2. The predicted molar refractivity (Wildman–Crippen MR) is 67.7 cm³/mol. The lowest BCUT2D eigenvalue weighted by Crippen LogP contribution is -2.15. The summed E-state index contributed by atoms with van der Waals surface area (Å²) in [6.45, 7) is 5.23. The van der Waals surface area contributed by atoms with Crippen LogP contribution >= 0.6 is 11.3 Å². The standard InChI is InChI=1S/C11H16N2O3S/c1-5(2)16-11(15)8-6(3)7(9(12)14)10(13-4)17-8/h5,13H,1-4H3,(H2,12,14). The molecule has 6 heteroatoms. The summed E-state index contributed by atoms with van der Waals surface area (Å²) < 4.78 is 5.10. The summed E-state index contributed by atoms with van der Waals surface area (Å²) >= 11 is 1.18. The number of anilines is 1. The highest BCUT2D eigenvalue weighted by molar-refractivity contribution is 7.18. The Kier molecular flexibility index (Phi) is 4.11. The summed E-state index contributed by atoms with van der Waals surface area (Å²) in [4.78, 5) is 23.5. The lowest BCUT2D eigenvalue weighted by molar-refractivity contribution is 0.0383. The third-order valence-electron chi connectivity index (χ3n) is 2.15. The highest BCUT2D eigenvalue weighted by atomic mass is 32.1. The highest BCUT2D eigenvalue weighted by Gasteiger charge is 2.23. The van der Waals surface area contributed by atoms with Crippen molar-refractivity contribution in [2.24, 2.45) is 5.73 Å². The van der Waals surface area contributed by atoms with Crippen LogP contribution in [0.3, 0.4) is 0 Å². The van der Waals surface area contributed by atoms with Crippen LogP contribution in [0.1, 0.15) is 39.4 Å². The third-order valence-corrected chi connectivity index (χ3v) is 3.44. The maximum atomic E-state index is 11.8. The van der Waals surface area contributed by atoms with Crippen molar-refractivity contribution in [2.45, 2.75) is 26.9 Å². The van der Waals surface area contributed by atoms with Gasteiger partial charge in [0.2, 0.25) is 0 Å². The van der Waals surface area contributed by atoms with Gasteiger partial charge >= 0.3 is 5.97 Å². The summed E-state index contributed by atoms with van der Waals surface area (Å²) in [5.41, 5.74) is 6.20. The molecule has 1 amide bonds. The number of esters is 1. The summed E-state index contributed by atoms with van der Waals surface area (Å²) in [7, 11) is 1.68.